The fraction of sp³-hybridized carbons (Fsp3) is 0.204. The van der Waals surface area contributed by atoms with Gasteiger partial charge in [0.05, 0.1) is 11.0 Å². The molecular weight excluding hydrogens is 645 g/mol. The minimum atomic E-state index is 0.141. The number of nitrogens with zero attached hydrogens (tertiary/aromatic N) is 4. The maximum Gasteiger partial charge on any atom is 0.164 e. The third kappa shape index (κ3) is 4.21. The quantitative estimate of drug-likeness (QED) is 0.186. The summed E-state index contributed by atoms with van der Waals surface area (Å²) in [6, 6.07) is 52.8. The second-order valence-corrected chi connectivity index (χ2v) is 16.1. The molecule has 0 saturated heterocycles. The topological polar surface area (TPSA) is 43.6 Å². The van der Waals surface area contributed by atoms with Crippen molar-refractivity contribution < 1.29 is 0 Å². The first-order valence-corrected chi connectivity index (χ1v) is 19.4. The smallest absolute Gasteiger partial charge is 0.164 e. The third-order valence-corrected chi connectivity index (χ3v) is 13.4. The van der Waals surface area contributed by atoms with Gasteiger partial charge in [-0.3, -0.25) is 0 Å². The van der Waals surface area contributed by atoms with Crippen LogP contribution in [-0.4, -0.2) is 19.5 Å². The molecule has 4 saturated carbocycles. The van der Waals surface area contributed by atoms with E-state index in [1.165, 1.54) is 65.0 Å². The molecule has 0 aliphatic heterocycles. The summed E-state index contributed by atoms with van der Waals surface area (Å²) in [5, 5.41) is 2.66. The Kier molecular flexibility index (Phi) is 6.20. The van der Waals surface area contributed by atoms with Crippen molar-refractivity contribution in [2.45, 2.75) is 37.5 Å². The van der Waals surface area contributed by atoms with E-state index in [0.29, 0.717) is 17.5 Å². The average molecular weight is 683 g/mol. The van der Waals surface area contributed by atoms with Crippen molar-refractivity contribution in [1.82, 2.24) is 19.5 Å². The number of para-hydroxylation sites is 1. The molecule has 0 N–H and O–H groups in total. The van der Waals surface area contributed by atoms with E-state index in [1.807, 2.05) is 36.4 Å². The number of hydrogen-bond acceptors (Lipinski definition) is 3. The Balaban J connectivity index is 1.07. The van der Waals surface area contributed by atoms with E-state index in [0.717, 1.165) is 46.0 Å². The summed E-state index contributed by atoms with van der Waals surface area (Å²) >= 11 is 0. The average Bonchev–Trinajstić information content (AvgIpc) is 3.69. The van der Waals surface area contributed by atoms with Gasteiger partial charge in [0.15, 0.2) is 17.5 Å². The Morgan fingerprint density at radius 1 is 0.434 bits per heavy atom. The monoisotopic (exact) mass is 682 g/mol. The summed E-state index contributed by atoms with van der Waals surface area (Å²) < 4.78 is 2.47. The number of fused-ring (bicyclic) bond motifs is 6. The Hall–Kier alpha value is -5.87. The zero-order chi connectivity index (χ0) is 34.7. The van der Waals surface area contributed by atoms with E-state index >= 15 is 0 Å². The number of hydrogen-bond donors (Lipinski definition) is 0. The second kappa shape index (κ2) is 11.1. The molecule has 1 spiro atoms. The molecule has 53 heavy (non-hydrogen) atoms. The second-order valence-electron chi connectivity index (χ2n) is 16.1. The van der Waals surface area contributed by atoms with Crippen molar-refractivity contribution >= 4 is 21.8 Å². The van der Waals surface area contributed by atoms with Crippen LogP contribution < -0.4 is 0 Å². The van der Waals surface area contributed by atoms with Gasteiger partial charge >= 0.3 is 0 Å². The normalized spacial score (nSPS) is 23.5. The van der Waals surface area contributed by atoms with Crippen LogP contribution in [0.25, 0.3) is 72.8 Å². The summed E-state index contributed by atoms with van der Waals surface area (Å²) in [7, 11) is 0. The lowest BCUT2D eigenvalue weighted by Crippen LogP contribution is -2.55. The molecule has 4 heteroatoms. The fourth-order valence-electron chi connectivity index (χ4n) is 11.6. The maximum absolute atomic E-state index is 5.07. The van der Waals surface area contributed by atoms with E-state index in [9.17, 15) is 0 Å². The fourth-order valence-corrected chi connectivity index (χ4v) is 11.6. The van der Waals surface area contributed by atoms with Gasteiger partial charge in [-0.05, 0) is 108 Å². The van der Waals surface area contributed by atoms with Crippen molar-refractivity contribution in [1.29, 1.82) is 0 Å². The maximum atomic E-state index is 5.07. The molecule has 4 nitrogen and oxygen atoms in total. The van der Waals surface area contributed by atoms with Gasteiger partial charge in [0.1, 0.15) is 0 Å². The van der Waals surface area contributed by atoms with Crippen LogP contribution in [0.5, 0.6) is 0 Å². The summed E-state index contributed by atoms with van der Waals surface area (Å²) in [5.74, 6) is 5.34. The SMILES string of the molecule is c1ccc(-c2nc(-c3ccccc3)nc(-c3cccc(-n4c5ccccc5c5cc6c(cc54)-c4ccccc4C64C5CC6CC(C5)CC4C6)c3)n2)cc1. The molecule has 6 aromatic carbocycles. The lowest BCUT2D eigenvalue weighted by molar-refractivity contribution is -0.0399. The minimum absolute atomic E-state index is 0.141. The molecule has 8 aromatic rings. The first-order valence-electron chi connectivity index (χ1n) is 19.4. The summed E-state index contributed by atoms with van der Waals surface area (Å²) in [6.07, 6.45) is 7.03. The Morgan fingerprint density at radius 3 is 1.72 bits per heavy atom. The van der Waals surface area contributed by atoms with Gasteiger partial charge in [-0.15, -0.1) is 0 Å². The van der Waals surface area contributed by atoms with E-state index in [2.05, 4.69) is 114 Å². The number of benzene rings is 6. The molecule has 0 unspecified atom stereocenters. The van der Waals surface area contributed by atoms with E-state index in [-0.39, 0.29) is 5.41 Å². The summed E-state index contributed by atoms with van der Waals surface area (Å²) in [6.45, 7) is 0. The highest BCUT2D eigenvalue weighted by Gasteiger charge is 2.61. The molecule has 13 rings (SSSR count). The van der Waals surface area contributed by atoms with Crippen LogP contribution in [0, 0.1) is 23.7 Å². The van der Waals surface area contributed by atoms with Gasteiger partial charge in [-0.25, -0.2) is 15.0 Å². The van der Waals surface area contributed by atoms with Gasteiger partial charge in [0.25, 0.3) is 0 Å². The standard InChI is InChI=1S/C49H38N4/c1-3-12-32(13-4-1)46-50-47(33-14-5-2-6-15-33)52-48(51-46)34-16-11-17-37(27-34)53-44-21-10-8-19-39(44)41-28-43-40(29-45(41)53)38-18-7-9-20-42(38)49(43)35-23-30-22-31(25-35)26-36(49)24-30/h1-21,27-31,35-36H,22-26H2. The van der Waals surface area contributed by atoms with Gasteiger partial charge in [0, 0.05) is 38.6 Å². The largest absolute Gasteiger partial charge is 0.309 e. The highest BCUT2D eigenvalue weighted by Crippen LogP contribution is 2.69. The highest BCUT2D eigenvalue weighted by atomic mass is 15.0. The Labute approximate surface area is 309 Å². The first kappa shape index (κ1) is 29.7. The lowest BCUT2D eigenvalue weighted by Gasteiger charge is -2.61. The van der Waals surface area contributed by atoms with Crippen LogP contribution in [0.15, 0.2) is 146 Å². The first-order chi connectivity index (χ1) is 26.2. The predicted octanol–water partition coefficient (Wildman–Crippen LogP) is 11.7. The van der Waals surface area contributed by atoms with Crippen LogP contribution in [-0.2, 0) is 5.41 Å². The molecule has 5 aliphatic rings. The molecular formula is C49H38N4. The third-order valence-electron chi connectivity index (χ3n) is 13.4. The van der Waals surface area contributed by atoms with Gasteiger partial charge in [-0.1, -0.05) is 115 Å². The molecule has 2 heterocycles. The number of aromatic nitrogens is 4. The molecule has 0 radical (unpaired) electrons. The van der Waals surface area contributed by atoms with Crippen LogP contribution >= 0.6 is 0 Å². The molecule has 4 bridgehead atoms. The number of rotatable bonds is 4. The van der Waals surface area contributed by atoms with E-state index < -0.39 is 0 Å². The molecule has 254 valence electrons. The van der Waals surface area contributed by atoms with Gasteiger partial charge in [-0.2, -0.15) is 0 Å². The van der Waals surface area contributed by atoms with Crippen LogP contribution in [0.1, 0.15) is 43.2 Å². The molecule has 4 fully saturated rings. The van der Waals surface area contributed by atoms with Crippen molar-refractivity contribution in [3.63, 3.8) is 0 Å². The van der Waals surface area contributed by atoms with Crippen molar-refractivity contribution in [3.05, 3.63) is 157 Å². The van der Waals surface area contributed by atoms with Crippen molar-refractivity contribution in [3.8, 4) is 51.0 Å². The summed E-state index contributed by atoms with van der Waals surface area (Å²) in [4.78, 5) is 15.1. The predicted molar refractivity (Wildman–Crippen MR) is 214 cm³/mol. The Bertz CT molecular complexity index is 2660. The van der Waals surface area contributed by atoms with Gasteiger partial charge in [0.2, 0.25) is 0 Å². The lowest BCUT2D eigenvalue weighted by atomic mass is 9.43. The minimum Gasteiger partial charge on any atom is -0.309 e. The van der Waals surface area contributed by atoms with Crippen LogP contribution in [0.2, 0.25) is 0 Å². The Morgan fingerprint density at radius 2 is 1.02 bits per heavy atom. The molecule has 0 amide bonds. The van der Waals surface area contributed by atoms with Crippen molar-refractivity contribution in [2.24, 2.45) is 23.7 Å². The molecule has 5 aliphatic carbocycles. The van der Waals surface area contributed by atoms with E-state index in [4.69, 9.17) is 15.0 Å². The highest BCUT2D eigenvalue weighted by molar-refractivity contribution is 6.11. The van der Waals surface area contributed by atoms with E-state index in [1.54, 1.807) is 11.1 Å². The zero-order valence-corrected chi connectivity index (χ0v) is 29.5. The van der Waals surface area contributed by atoms with Crippen LogP contribution in [0.4, 0.5) is 0 Å². The molecule has 2 aromatic heterocycles. The van der Waals surface area contributed by atoms with Crippen molar-refractivity contribution in [2.75, 3.05) is 0 Å². The summed E-state index contributed by atoms with van der Waals surface area (Å²) in [5.41, 5.74) is 12.7. The van der Waals surface area contributed by atoms with Gasteiger partial charge < -0.3 is 4.57 Å². The zero-order valence-electron chi connectivity index (χ0n) is 29.5. The van der Waals surface area contributed by atoms with Crippen LogP contribution in [0.3, 0.4) is 0 Å². The molecule has 0 atom stereocenters.